The van der Waals surface area contributed by atoms with Crippen molar-refractivity contribution in [3.8, 4) is 0 Å². The quantitative estimate of drug-likeness (QED) is 0.534. The van der Waals surface area contributed by atoms with Crippen LogP contribution < -0.4 is 0 Å². The van der Waals surface area contributed by atoms with Crippen molar-refractivity contribution in [2.75, 3.05) is 12.8 Å². The van der Waals surface area contributed by atoms with E-state index < -0.39 is 0 Å². The minimum Gasteiger partial charge on any atom is -0.330 e. The highest BCUT2D eigenvalue weighted by Gasteiger charge is 2.42. The van der Waals surface area contributed by atoms with Gasteiger partial charge in [-0.15, -0.1) is 11.8 Å². The Morgan fingerprint density at radius 2 is 1.80 bits per heavy atom. The first-order valence-electron chi connectivity index (χ1n) is 7.61. The summed E-state index contributed by atoms with van der Waals surface area (Å²) in [7, 11) is 0. The van der Waals surface area contributed by atoms with E-state index in [1.807, 2.05) is 11.8 Å². The summed E-state index contributed by atoms with van der Waals surface area (Å²) < 4.78 is 0. The van der Waals surface area contributed by atoms with Gasteiger partial charge in [0.1, 0.15) is 0 Å². The monoisotopic (exact) mass is 291 g/mol. The summed E-state index contributed by atoms with van der Waals surface area (Å²) in [6.07, 6.45) is 8.15. The van der Waals surface area contributed by atoms with Crippen molar-refractivity contribution < 1.29 is 4.79 Å². The Bertz CT molecular complexity index is 420. The van der Waals surface area contributed by atoms with Gasteiger partial charge in [0.05, 0.1) is 11.3 Å². The normalized spacial score (nSPS) is 21.9. The first-order valence-corrected chi connectivity index (χ1v) is 8.90. The van der Waals surface area contributed by atoms with Crippen LogP contribution in [0.5, 0.6) is 0 Å². The van der Waals surface area contributed by atoms with Crippen molar-refractivity contribution in [2.24, 2.45) is 5.92 Å². The number of amides is 1. The third-order valence-corrected chi connectivity index (χ3v) is 5.25. The summed E-state index contributed by atoms with van der Waals surface area (Å²) in [5, 5.41) is 0.423. The summed E-state index contributed by atoms with van der Waals surface area (Å²) in [5.41, 5.74) is 1.43. The second-order valence-electron chi connectivity index (χ2n) is 5.60. The number of hydrogen-bond donors (Lipinski definition) is 0. The van der Waals surface area contributed by atoms with Crippen molar-refractivity contribution >= 4 is 17.7 Å². The van der Waals surface area contributed by atoms with Crippen LogP contribution in [0.1, 0.15) is 38.2 Å². The molecule has 0 aromatic heterocycles. The van der Waals surface area contributed by atoms with E-state index in [2.05, 4.69) is 36.6 Å². The van der Waals surface area contributed by atoms with Crippen LogP contribution in [-0.2, 0) is 11.2 Å². The molecule has 2 nitrogen and oxygen atoms in total. The first-order chi connectivity index (χ1) is 9.74. The maximum Gasteiger partial charge on any atom is 0.229 e. The molecule has 0 spiro atoms. The average Bonchev–Trinajstić information content (AvgIpc) is 2.49. The molecule has 1 fully saturated rings. The molecule has 1 aromatic carbocycles. The van der Waals surface area contributed by atoms with Crippen LogP contribution in [0.25, 0.3) is 0 Å². The molecule has 0 N–H and O–H groups in total. The first kappa shape index (κ1) is 15.4. The van der Waals surface area contributed by atoms with Crippen molar-refractivity contribution in [3.05, 3.63) is 35.9 Å². The van der Waals surface area contributed by atoms with Gasteiger partial charge < -0.3 is 4.90 Å². The second kappa shape index (κ2) is 7.72. The number of aryl methyl sites for hydroxylation is 1. The maximum absolute atomic E-state index is 11.7. The molecule has 110 valence electrons. The zero-order chi connectivity index (χ0) is 14.4. The van der Waals surface area contributed by atoms with Crippen LogP contribution >= 0.6 is 11.8 Å². The van der Waals surface area contributed by atoms with Gasteiger partial charge in [-0.25, -0.2) is 0 Å². The largest absolute Gasteiger partial charge is 0.330 e. The molecule has 2 rings (SSSR count). The van der Waals surface area contributed by atoms with E-state index >= 15 is 0 Å². The molecule has 0 saturated carbocycles. The Balaban J connectivity index is 1.55. The molecule has 0 bridgehead atoms. The Morgan fingerprint density at radius 1 is 1.10 bits per heavy atom. The minimum absolute atomic E-state index is 0.225. The second-order valence-corrected chi connectivity index (χ2v) is 6.55. The molecule has 1 aliphatic rings. The van der Waals surface area contributed by atoms with Gasteiger partial charge in [0.2, 0.25) is 5.91 Å². The van der Waals surface area contributed by atoms with Crippen molar-refractivity contribution in [3.63, 3.8) is 0 Å². The fourth-order valence-electron chi connectivity index (χ4n) is 2.88. The van der Waals surface area contributed by atoms with Gasteiger partial charge >= 0.3 is 0 Å². The fourth-order valence-corrected chi connectivity index (χ4v) is 3.86. The smallest absolute Gasteiger partial charge is 0.229 e. The fraction of sp³-hybridized carbons (Fsp3) is 0.588. The molecule has 3 heteroatoms. The number of hydrogen-bond acceptors (Lipinski definition) is 2. The van der Waals surface area contributed by atoms with Gasteiger partial charge in [0, 0.05) is 6.54 Å². The van der Waals surface area contributed by atoms with Gasteiger partial charge in [0.15, 0.2) is 0 Å². The molecule has 2 atom stereocenters. The van der Waals surface area contributed by atoms with E-state index in [4.69, 9.17) is 0 Å². The summed E-state index contributed by atoms with van der Waals surface area (Å²) in [5.74, 6) is 0.566. The lowest BCUT2D eigenvalue weighted by molar-refractivity contribution is -0.149. The number of unbranched alkanes of at least 4 members (excludes halogenated alkanes) is 3. The molecule has 0 unspecified atom stereocenters. The topological polar surface area (TPSA) is 20.3 Å². The predicted molar refractivity (Wildman–Crippen MR) is 86.8 cm³/mol. The van der Waals surface area contributed by atoms with Crippen LogP contribution in [0.2, 0.25) is 0 Å². The molecule has 1 aromatic rings. The zero-order valence-electron chi connectivity index (χ0n) is 12.5. The van der Waals surface area contributed by atoms with E-state index in [1.54, 1.807) is 11.8 Å². The number of nitrogens with zero attached hydrogens (tertiary/aromatic N) is 1. The number of benzene rings is 1. The lowest BCUT2D eigenvalue weighted by Gasteiger charge is -2.45. The molecular weight excluding hydrogens is 266 g/mol. The van der Waals surface area contributed by atoms with Crippen LogP contribution in [0.4, 0.5) is 0 Å². The van der Waals surface area contributed by atoms with Gasteiger partial charge in [-0.3, -0.25) is 4.79 Å². The minimum atomic E-state index is 0.225. The van der Waals surface area contributed by atoms with Crippen LogP contribution in [-0.4, -0.2) is 29.0 Å². The lowest BCUT2D eigenvalue weighted by Crippen LogP contribution is -2.58. The SMILES string of the molecule is CS[C@@H]1[C@@H](C)C(=O)N1CCCCCCc1ccccc1. The average molecular weight is 291 g/mol. The highest BCUT2D eigenvalue weighted by atomic mass is 32.2. The van der Waals surface area contributed by atoms with E-state index in [9.17, 15) is 4.79 Å². The third-order valence-electron chi connectivity index (χ3n) is 4.11. The molecule has 0 aliphatic carbocycles. The summed E-state index contributed by atoms with van der Waals surface area (Å²) in [4.78, 5) is 13.8. The van der Waals surface area contributed by atoms with Crippen molar-refractivity contribution in [2.45, 2.75) is 44.4 Å². The van der Waals surface area contributed by atoms with E-state index in [-0.39, 0.29) is 5.92 Å². The van der Waals surface area contributed by atoms with Gasteiger partial charge in [0.25, 0.3) is 0 Å². The highest BCUT2D eigenvalue weighted by Crippen LogP contribution is 2.33. The highest BCUT2D eigenvalue weighted by molar-refractivity contribution is 7.99. The van der Waals surface area contributed by atoms with Gasteiger partial charge in [-0.1, -0.05) is 50.1 Å². The molecule has 1 heterocycles. The third kappa shape index (κ3) is 3.78. The van der Waals surface area contributed by atoms with Crippen molar-refractivity contribution in [1.82, 2.24) is 4.90 Å². The summed E-state index contributed by atoms with van der Waals surface area (Å²) in [6, 6.07) is 10.7. The van der Waals surface area contributed by atoms with E-state index in [1.165, 1.54) is 31.2 Å². The molecular formula is C17H25NOS. The molecule has 0 radical (unpaired) electrons. The van der Waals surface area contributed by atoms with Gasteiger partial charge in [-0.05, 0) is 31.1 Å². The molecule has 1 aliphatic heterocycles. The van der Waals surface area contributed by atoms with Gasteiger partial charge in [-0.2, -0.15) is 0 Å². The number of β-lactam (4-membered cyclic amide) rings is 1. The number of carbonyl (C=O) groups excluding carboxylic acids is 1. The summed E-state index contributed by atoms with van der Waals surface area (Å²) in [6.45, 7) is 2.99. The molecule has 1 saturated heterocycles. The Morgan fingerprint density at radius 3 is 2.50 bits per heavy atom. The molecule has 20 heavy (non-hydrogen) atoms. The maximum atomic E-state index is 11.7. The number of carbonyl (C=O) groups is 1. The number of rotatable bonds is 8. The number of likely N-dealkylation sites (tertiary alicyclic amines) is 1. The van der Waals surface area contributed by atoms with E-state index in [0.717, 1.165) is 13.0 Å². The van der Waals surface area contributed by atoms with Crippen LogP contribution in [0.3, 0.4) is 0 Å². The lowest BCUT2D eigenvalue weighted by atomic mass is 10.00. The van der Waals surface area contributed by atoms with Crippen LogP contribution in [0, 0.1) is 5.92 Å². The predicted octanol–water partition coefficient (Wildman–Crippen LogP) is 3.96. The molecule has 1 amide bonds. The standard InChI is InChI=1S/C17H25NOS/c1-14-16(19)18(17(14)20-2)13-9-4-3-6-10-15-11-7-5-8-12-15/h5,7-8,11-12,14,17H,3-4,6,9-10,13H2,1-2H3/t14-,17+/m0/s1. The Labute approximate surface area is 126 Å². The zero-order valence-corrected chi connectivity index (χ0v) is 13.4. The van der Waals surface area contributed by atoms with Crippen LogP contribution in [0.15, 0.2) is 30.3 Å². The Hall–Kier alpha value is -0.960. The van der Waals surface area contributed by atoms with E-state index in [0.29, 0.717) is 11.3 Å². The number of thioether (sulfide) groups is 1. The van der Waals surface area contributed by atoms with Crippen molar-refractivity contribution in [1.29, 1.82) is 0 Å². The Kier molecular flexibility index (Phi) is 5.96. The summed E-state index contributed by atoms with van der Waals surface area (Å²) >= 11 is 1.80.